The Labute approximate surface area is 109 Å². The van der Waals surface area contributed by atoms with Crippen molar-refractivity contribution in [2.45, 2.75) is 25.2 Å². The van der Waals surface area contributed by atoms with Crippen molar-refractivity contribution in [1.29, 1.82) is 0 Å². The summed E-state index contributed by atoms with van der Waals surface area (Å²) in [5.41, 5.74) is 1.08. The summed E-state index contributed by atoms with van der Waals surface area (Å²) in [5, 5.41) is 18.3. The zero-order valence-corrected chi connectivity index (χ0v) is 10.2. The summed E-state index contributed by atoms with van der Waals surface area (Å²) in [6.07, 6.45) is 3.67. The van der Waals surface area contributed by atoms with Gasteiger partial charge in [0.15, 0.2) is 0 Å². The molecule has 1 aromatic carbocycles. The molecule has 1 heterocycles. The second-order valence-electron chi connectivity index (χ2n) is 4.60. The molecule has 1 fully saturated rings. The van der Waals surface area contributed by atoms with E-state index in [2.05, 4.69) is 21.5 Å². The largest absolute Gasteiger partial charge is 0.476 e. The van der Waals surface area contributed by atoms with Crippen LogP contribution in [0, 0.1) is 0 Å². The summed E-state index contributed by atoms with van der Waals surface area (Å²) >= 11 is 0. The van der Waals surface area contributed by atoms with Gasteiger partial charge in [0.05, 0.1) is 0 Å². The molecule has 0 bridgehead atoms. The van der Waals surface area contributed by atoms with Crippen LogP contribution in [0.3, 0.4) is 0 Å². The molecule has 2 aromatic rings. The normalized spacial score (nSPS) is 14.9. The van der Waals surface area contributed by atoms with Crippen LogP contribution < -0.4 is 4.74 Å². The lowest BCUT2D eigenvalue weighted by atomic mass is 9.80. The molecule has 0 unspecified atom stereocenters. The minimum absolute atomic E-state index is 0.0155. The highest BCUT2D eigenvalue weighted by Gasteiger charge is 2.20. The molecular formula is C13H13N3O3. The molecule has 0 saturated heterocycles. The maximum Gasteiger partial charge on any atom is 0.359 e. The average molecular weight is 259 g/mol. The van der Waals surface area contributed by atoms with E-state index in [1.807, 2.05) is 12.1 Å². The Morgan fingerprint density at radius 2 is 2.26 bits per heavy atom. The van der Waals surface area contributed by atoms with Gasteiger partial charge in [0, 0.05) is 0 Å². The SMILES string of the molecule is O=C(O)c1[nH]nnc1Oc1cccc(C2CCC2)c1. The predicted molar refractivity (Wildman–Crippen MR) is 66.5 cm³/mol. The van der Waals surface area contributed by atoms with Crippen LogP contribution in [0.2, 0.25) is 0 Å². The molecule has 0 aliphatic heterocycles. The summed E-state index contributed by atoms with van der Waals surface area (Å²) in [6.45, 7) is 0. The van der Waals surface area contributed by atoms with Gasteiger partial charge in [-0.1, -0.05) is 28.9 Å². The van der Waals surface area contributed by atoms with Gasteiger partial charge in [-0.3, -0.25) is 0 Å². The lowest BCUT2D eigenvalue weighted by Crippen LogP contribution is -2.08. The van der Waals surface area contributed by atoms with E-state index in [9.17, 15) is 4.79 Å². The van der Waals surface area contributed by atoms with Crippen molar-refractivity contribution < 1.29 is 14.6 Å². The number of ether oxygens (including phenoxy) is 1. The number of nitrogens with zero attached hydrogens (tertiary/aromatic N) is 2. The zero-order chi connectivity index (χ0) is 13.2. The van der Waals surface area contributed by atoms with Crippen molar-refractivity contribution in [3.8, 4) is 11.6 Å². The van der Waals surface area contributed by atoms with Gasteiger partial charge in [-0.2, -0.15) is 0 Å². The van der Waals surface area contributed by atoms with E-state index >= 15 is 0 Å². The van der Waals surface area contributed by atoms with Crippen LogP contribution in [0.4, 0.5) is 0 Å². The average Bonchev–Trinajstić information content (AvgIpc) is 2.75. The van der Waals surface area contributed by atoms with Crippen molar-refractivity contribution in [2.24, 2.45) is 0 Å². The molecule has 6 nitrogen and oxygen atoms in total. The summed E-state index contributed by atoms with van der Waals surface area (Å²) in [5.74, 6) is 0.0222. The highest BCUT2D eigenvalue weighted by Crippen LogP contribution is 2.37. The Morgan fingerprint density at radius 3 is 2.95 bits per heavy atom. The van der Waals surface area contributed by atoms with Gasteiger partial charge >= 0.3 is 5.97 Å². The molecule has 3 rings (SSSR count). The second kappa shape index (κ2) is 4.72. The van der Waals surface area contributed by atoms with Crippen LogP contribution in [-0.2, 0) is 0 Å². The second-order valence-corrected chi connectivity index (χ2v) is 4.60. The summed E-state index contributed by atoms with van der Waals surface area (Å²) in [6, 6.07) is 7.69. The number of carboxylic acid groups (broad SMARTS) is 1. The van der Waals surface area contributed by atoms with Crippen molar-refractivity contribution in [2.75, 3.05) is 0 Å². The Balaban J connectivity index is 1.82. The highest BCUT2D eigenvalue weighted by atomic mass is 16.5. The van der Waals surface area contributed by atoms with Crippen LogP contribution >= 0.6 is 0 Å². The van der Waals surface area contributed by atoms with Gasteiger partial charge in [0.1, 0.15) is 5.75 Å². The van der Waals surface area contributed by atoms with Crippen LogP contribution in [0.1, 0.15) is 41.2 Å². The van der Waals surface area contributed by atoms with E-state index in [0.717, 1.165) is 0 Å². The first-order chi connectivity index (χ1) is 9.24. The van der Waals surface area contributed by atoms with Crippen molar-refractivity contribution >= 4 is 5.97 Å². The number of carbonyl (C=O) groups is 1. The standard InChI is InChI=1S/C13H13N3O3/c17-13(18)11-12(15-16-14-11)19-10-6-2-5-9(7-10)8-3-1-4-8/h2,5-8H,1,3-4H2,(H,17,18)(H,14,15,16). The first-order valence-corrected chi connectivity index (χ1v) is 6.16. The lowest BCUT2D eigenvalue weighted by Gasteiger charge is -2.25. The molecule has 0 radical (unpaired) electrons. The summed E-state index contributed by atoms with van der Waals surface area (Å²) < 4.78 is 5.48. The molecule has 2 N–H and O–H groups in total. The van der Waals surface area contributed by atoms with Gasteiger partial charge in [-0.25, -0.2) is 9.89 Å². The molecule has 0 spiro atoms. The van der Waals surface area contributed by atoms with E-state index in [1.165, 1.54) is 24.8 Å². The highest BCUT2D eigenvalue weighted by molar-refractivity contribution is 5.87. The quantitative estimate of drug-likeness (QED) is 0.880. The maximum absolute atomic E-state index is 10.9. The van der Waals surface area contributed by atoms with Gasteiger partial charge in [-0.15, -0.1) is 0 Å². The minimum atomic E-state index is -1.14. The number of rotatable bonds is 4. The van der Waals surface area contributed by atoms with Crippen LogP contribution in [0.15, 0.2) is 24.3 Å². The molecular weight excluding hydrogens is 246 g/mol. The first kappa shape index (κ1) is 11.7. The van der Waals surface area contributed by atoms with Gasteiger partial charge in [-0.05, 0) is 36.5 Å². The number of aromatic nitrogens is 3. The fraction of sp³-hybridized carbons (Fsp3) is 0.308. The third-order valence-electron chi connectivity index (χ3n) is 3.38. The number of aromatic amines is 1. The van der Waals surface area contributed by atoms with Gasteiger partial charge in [0.2, 0.25) is 5.69 Å². The monoisotopic (exact) mass is 259 g/mol. The number of aromatic carboxylic acids is 1. The molecule has 6 heteroatoms. The van der Waals surface area contributed by atoms with Crippen molar-refractivity contribution in [3.05, 3.63) is 35.5 Å². The third-order valence-corrected chi connectivity index (χ3v) is 3.38. The minimum Gasteiger partial charge on any atom is -0.476 e. The van der Waals surface area contributed by atoms with E-state index in [4.69, 9.17) is 9.84 Å². The molecule has 19 heavy (non-hydrogen) atoms. The van der Waals surface area contributed by atoms with Crippen LogP contribution in [0.5, 0.6) is 11.6 Å². The Hall–Kier alpha value is -2.37. The third kappa shape index (κ3) is 2.29. The fourth-order valence-corrected chi connectivity index (χ4v) is 2.11. The number of H-pyrrole nitrogens is 1. The topological polar surface area (TPSA) is 88.1 Å². The molecule has 1 saturated carbocycles. The first-order valence-electron chi connectivity index (χ1n) is 6.16. The predicted octanol–water partition coefficient (Wildman–Crippen LogP) is 2.56. The Bertz CT molecular complexity index is 605. The van der Waals surface area contributed by atoms with E-state index < -0.39 is 5.97 Å². The number of nitrogens with one attached hydrogen (secondary N) is 1. The van der Waals surface area contributed by atoms with E-state index in [0.29, 0.717) is 11.7 Å². The smallest absolute Gasteiger partial charge is 0.359 e. The van der Waals surface area contributed by atoms with E-state index in [1.54, 1.807) is 6.07 Å². The molecule has 0 amide bonds. The van der Waals surface area contributed by atoms with Crippen molar-refractivity contribution in [3.63, 3.8) is 0 Å². The summed E-state index contributed by atoms with van der Waals surface area (Å²) in [4.78, 5) is 10.9. The molecule has 1 aliphatic rings. The molecule has 0 atom stereocenters. The number of hydrogen-bond donors (Lipinski definition) is 2. The number of hydrogen-bond acceptors (Lipinski definition) is 4. The van der Waals surface area contributed by atoms with E-state index in [-0.39, 0.29) is 11.6 Å². The Kier molecular flexibility index (Phi) is 2.91. The van der Waals surface area contributed by atoms with Crippen LogP contribution in [0.25, 0.3) is 0 Å². The fourth-order valence-electron chi connectivity index (χ4n) is 2.11. The number of carboxylic acids is 1. The molecule has 1 aromatic heterocycles. The Morgan fingerprint density at radius 1 is 1.42 bits per heavy atom. The zero-order valence-electron chi connectivity index (χ0n) is 10.2. The van der Waals surface area contributed by atoms with Gasteiger partial charge in [0.25, 0.3) is 5.88 Å². The van der Waals surface area contributed by atoms with Gasteiger partial charge < -0.3 is 9.84 Å². The summed E-state index contributed by atoms with van der Waals surface area (Å²) in [7, 11) is 0. The maximum atomic E-state index is 10.9. The lowest BCUT2D eigenvalue weighted by molar-refractivity contribution is 0.0687. The van der Waals surface area contributed by atoms with Crippen LogP contribution in [-0.4, -0.2) is 26.5 Å². The molecule has 98 valence electrons. The molecule has 1 aliphatic carbocycles. The number of benzene rings is 1. The van der Waals surface area contributed by atoms with Crippen molar-refractivity contribution in [1.82, 2.24) is 15.4 Å².